The highest BCUT2D eigenvalue weighted by Crippen LogP contribution is 2.28. The fourth-order valence-corrected chi connectivity index (χ4v) is 1.64. The van der Waals surface area contributed by atoms with Crippen molar-refractivity contribution in [2.45, 2.75) is 20.3 Å². The van der Waals surface area contributed by atoms with Gasteiger partial charge in [-0.3, -0.25) is 4.79 Å². The SMILES string of the molecule is CC(C)(COc1cccc(Cl)c1CCN)C(=O)O. The van der Waals surface area contributed by atoms with Crippen molar-refractivity contribution in [3.8, 4) is 5.75 Å². The lowest BCUT2D eigenvalue weighted by Gasteiger charge is -2.21. The van der Waals surface area contributed by atoms with Gasteiger partial charge in [0.05, 0.1) is 5.41 Å². The van der Waals surface area contributed by atoms with Crippen LogP contribution in [0.1, 0.15) is 19.4 Å². The van der Waals surface area contributed by atoms with E-state index >= 15 is 0 Å². The van der Waals surface area contributed by atoms with Crippen LogP contribution < -0.4 is 10.5 Å². The van der Waals surface area contributed by atoms with Gasteiger partial charge in [-0.25, -0.2) is 0 Å². The molecule has 0 aliphatic heterocycles. The number of hydrogen-bond donors (Lipinski definition) is 2. The van der Waals surface area contributed by atoms with E-state index in [1.807, 2.05) is 0 Å². The zero-order valence-electron chi connectivity index (χ0n) is 10.6. The molecule has 0 bridgehead atoms. The highest BCUT2D eigenvalue weighted by molar-refractivity contribution is 6.31. The Morgan fingerprint density at radius 2 is 2.17 bits per heavy atom. The van der Waals surface area contributed by atoms with Crippen LogP contribution in [0, 0.1) is 5.41 Å². The molecule has 4 nitrogen and oxygen atoms in total. The van der Waals surface area contributed by atoms with E-state index in [-0.39, 0.29) is 6.61 Å². The van der Waals surface area contributed by atoms with E-state index in [0.29, 0.717) is 23.7 Å². The molecule has 0 atom stereocenters. The minimum Gasteiger partial charge on any atom is -0.492 e. The van der Waals surface area contributed by atoms with Gasteiger partial charge in [-0.1, -0.05) is 17.7 Å². The number of halogens is 1. The number of carbonyl (C=O) groups is 1. The molecule has 100 valence electrons. The molecular formula is C13H18ClNO3. The molecule has 18 heavy (non-hydrogen) atoms. The van der Waals surface area contributed by atoms with Gasteiger partial charge in [-0.05, 0) is 38.9 Å². The van der Waals surface area contributed by atoms with Gasteiger partial charge in [-0.2, -0.15) is 0 Å². The summed E-state index contributed by atoms with van der Waals surface area (Å²) in [6.07, 6.45) is 0.600. The fourth-order valence-electron chi connectivity index (χ4n) is 1.38. The standard InChI is InChI=1S/C13H18ClNO3/c1-13(2,12(16)17)8-18-11-5-3-4-10(14)9(11)6-7-15/h3-5H,6-8,15H2,1-2H3,(H,16,17). The maximum absolute atomic E-state index is 11.0. The smallest absolute Gasteiger partial charge is 0.312 e. The van der Waals surface area contributed by atoms with Crippen LogP contribution in [-0.4, -0.2) is 24.2 Å². The lowest BCUT2D eigenvalue weighted by atomic mass is 9.95. The van der Waals surface area contributed by atoms with Crippen molar-refractivity contribution in [3.05, 3.63) is 28.8 Å². The van der Waals surface area contributed by atoms with E-state index in [4.69, 9.17) is 27.2 Å². The second kappa shape index (κ2) is 6.07. The first-order valence-corrected chi connectivity index (χ1v) is 6.10. The third-order valence-corrected chi connectivity index (χ3v) is 2.99. The normalized spacial score (nSPS) is 11.3. The van der Waals surface area contributed by atoms with Gasteiger partial charge in [0.15, 0.2) is 0 Å². The van der Waals surface area contributed by atoms with Crippen molar-refractivity contribution in [2.24, 2.45) is 11.1 Å². The first-order valence-electron chi connectivity index (χ1n) is 5.72. The van der Waals surface area contributed by atoms with Crippen LogP contribution in [0.4, 0.5) is 0 Å². The molecule has 0 fully saturated rings. The van der Waals surface area contributed by atoms with Gasteiger partial charge in [-0.15, -0.1) is 0 Å². The molecule has 1 rings (SSSR count). The van der Waals surface area contributed by atoms with Crippen LogP contribution in [0.15, 0.2) is 18.2 Å². The lowest BCUT2D eigenvalue weighted by Crippen LogP contribution is -2.30. The Balaban J connectivity index is 2.85. The van der Waals surface area contributed by atoms with Crippen LogP contribution >= 0.6 is 11.6 Å². The molecule has 0 amide bonds. The van der Waals surface area contributed by atoms with E-state index < -0.39 is 11.4 Å². The first-order chi connectivity index (χ1) is 8.38. The molecular weight excluding hydrogens is 254 g/mol. The van der Waals surface area contributed by atoms with Gasteiger partial charge in [0, 0.05) is 10.6 Å². The molecule has 0 saturated heterocycles. The number of benzene rings is 1. The van der Waals surface area contributed by atoms with Crippen LogP contribution in [0.2, 0.25) is 5.02 Å². The average Bonchev–Trinajstić information content (AvgIpc) is 2.30. The monoisotopic (exact) mass is 271 g/mol. The maximum atomic E-state index is 11.0. The molecule has 1 aromatic rings. The molecule has 0 aliphatic carbocycles. The summed E-state index contributed by atoms with van der Waals surface area (Å²) in [5.74, 6) is -0.299. The number of aliphatic carboxylic acids is 1. The zero-order valence-corrected chi connectivity index (χ0v) is 11.3. The Hall–Kier alpha value is -1.26. The van der Waals surface area contributed by atoms with E-state index in [2.05, 4.69) is 0 Å². The summed E-state index contributed by atoms with van der Waals surface area (Å²) in [5.41, 5.74) is 5.40. The van der Waals surface area contributed by atoms with Gasteiger partial charge in [0.25, 0.3) is 0 Å². The van der Waals surface area contributed by atoms with Gasteiger partial charge in [0.2, 0.25) is 0 Å². The summed E-state index contributed by atoms with van der Waals surface area (Å²) < 4.78 is 5.58. The van der Waals surface area contributed by atoms with Crippen molar-refractivity contribution in [1.82, 2.24) is 0 Å². The van der Waals surface area contributed by atoms with Gasteiger partial charge < -0.3 is 15.6 Å². The Morgan fingerprint density at radius 1 is 1.50 bits per heavy atom. The predicted octanol–water partition coefficient (Wildman–Crippen LogP) is 2.33. The number of carboxylic acid groups (broad SMARTS) is 1. The lowest BCUT2D eigenvalue weighted by molar-refractivity contribution is -0.148. The Labute approximate surface area is 112 Å². The van der Waals surface area contributed by atoms with E-state index in [1.165, 1.54) is 0 Å². The van der Waals surface area contributed by atoms with Crippen LogP contribution in [0.3, 0.4) is 0 Å². The molecule has 0 aliphatic rings. The van der Waals surface area contributed by atoms with Gasteiger partial charge in [0.1, 0.15) is 12.4 Å². The molecule has 0 aromatic heterocycles. The highest BCUT2D eigenvalue weighted by atomic mass is 35.5. The van der Waals surface area contributed by atoms with E-state index in [9.17, 15) is 4.79 Å². The summed E-state index contributed by atoms with van der Waals surface area (Å²) in [4.78, 5) is 11.0. The predicted molar refractivity (Wildman–Crippen MR) is 71.1 cm³/mol. The summed E-state index contributed by atoms with van der Waals surface area (Å²) in [6.45, 7) is 3.77. The third kappa shape index (κ3) is 3.62. The summed E-state index contributed by atoms with van der Waals surface area (Å²) in [5, 5.41) is 9.61. The largest absolute Gasteiger partial charge is 0.492 e. The molecule has 0 saturated carbocycles. The molecule has 0 spiro atoms. The van der Waals surface area contributed by atoms with Crippen molar-refractivity contribution >= 4 is 17.6 Å². The molecule has 5 heteroatoms. The fraction of sp³-hybridized carbons (Fsp3) is 0.462. The molecule has 0 radical (unpaired) electrons. The Kier molecular flexibility index (Phi) is 4.99. The maximum Gasteiger partial charge on any atom is 0.312 e. The Bertz CT molecular complexity index is 432. The van der Waals surface area contributed by atoms with E-state index in [1.54, 1.807) is 32.0 Å². The molecule has 1 aromatic carbocycles. The number of rotatable bonds is 6. The van der Waals surface area contributed by atoms with Crippen molar-refractivity contribution in [3.63, 3.8) is 0 Å². The summed E-state index contributed by atoms with van der Waals surface area (Å²) >= 11 is 6.07. The number of carboxylic acids is 1. The van der Waals surface area contributed by atoms with Gasteiger partial charge >= 0.3 is 5.97 Å². The highest BCUT2D eigenvalue weighted by Gasteiger charge is 2.28. The summed E-state index contributed by atoms with van der Waals surface area (Å²) in [7, 11) is 0. The first kappa shape index (κ1) is 14.8. The second-order valence-electron chi connectivity index (χ2n) is 4.73. The molecule has 0 unspecified atom stereocenters. The van der Waals surface area contributed by atoms with Crippen LogP contribution in [0.5, 0.6) is 5.75 Å². The number of ether oxygens (including phenoxy) is 1. The number of hydrogen-bond acceptors (Lipinski definition) is 3. The van der Waals surface area contributed by atoms with Crippen LogP contribution in [0.25, 0.3) is 0 Å². The summed E-state index contributed by atoms with van der Waals surface area (Å²) in [6, 6.07) is 5.31. The number of nitrogens with two attached hydrogens (primary N) is 1. The second-order valence-corrected chi connectivity index (χ2v) is 5.14. The van der Waals surface area contributed by atoms with E-state index in [0.717, 1.165) is 5.56 Å². The average molecular weight is 272 g/mol. The third-order valence-electron chi connectivity index (χ3n) is 2.64. The minimum absolute atomic E-state index is 0.0836. The van der Waals surface area contributed by atoms with Crippen molar-refractivity contribution in [1.29, 1.82) is 0 Å². The topological polar surface area (TPSA) is 72.5 Å². The quantitative estimate of drug-likeness (QED) is 0.833. The van der Waals surface area contributed by atoms with Crippen molar-refractivity contribution in [2.75, 3.05) is 13.2 Å². The molecule has 3 N–H and O–H groups in total. The minimum atomic E-state index is -0.942. The Morgan fingerprint density at radius 3 is 2.72 bits per heavy atom. The molecule has 0 heterocycles. The van der Waals surface area contributed by atoms with Crippen LogP contribution in [-0.2, 0) is 11.2 Å². The zero-order chi connectivity index (χ0) is 13.8. The van der Waals surface area contributed by atoms with Crippen molar-refractivity contribution < 1.29 is 14.6 Å².